The highest BCUT2D eigenvalue weighted by molar-refractivity contribution is 5.47. The van der Waals surface area contributed by atoms with Gasteiger partial charge in [-0.2, -0.15) is 0 Å². The van der Waals surface area contributed by atoms with Gasteiger partial charge < -0.3 is 10.5 Å². The molecule has 2 heteroatoms. The van der Waals surface area contributed by atoms with Gasteiger partial charge in [0.1, 0.15) is 5.75 Å². The average molecular weight is 203 g/mol. The van der Waals surface area contributed by atoms with Crippen LogP contribution >= 0.6 is 0 Å². The quantitative estimate of drug-likeness (QED) is 0.760. The Morgan fingerprint density at radius 1 is 1.40 bits per heavy atom. The lowest BCUT2D eigenvalue weighted by Crippen LogP contribution is -2.25. The van der Waals surface area contributed by atoms with E-state index in [9.17, 15) is 0 Å². The summed E-state index contributed by atoms with van der Waals surface area (Å²) in [6.07, 6.45) is 4.82. The van der Waals surface area contributed by atoms with Gasteiger partial charge in [0.15, 0.2) is 0 Å². The number of ether oxygens (including phenoxy) is 1. The molecule has 1 aliphatic carbocycles. The number of hydrogen-bond acceptors (Lipinski definition) is 2. The Morgan fingerprint density at radius 3 is 2.93 bits per heavy atom. The van der Waals surface area contributed by atoms with Gasteiger partial charge in [0, 0.05) is 5.54 Å². The first-order valence-electron chi connectivity index (χ1n) is 5.77. The van der Waals surface area contributed by atoms with Crippen LogP contribution in [0.15, 0.2) is 18.2 Å². The lowest BCUT2D eigenvalue weighted by atomic mass is 9.92. The van der Waals surface area contributed by atoms with Crippen LogP contribution in [-0.2, 0) is 12.0 Å². The van der Waals surface area contributed by atoms with Gasteiger partial charge in [0.05, 0.1) is 6.10 Å². The van der Waals surface area contributed by atoms with Gasteiger partial charge in [0.25, 0.3) is 0 Å². The Balaban J connectivity index is 2.06. The lowest BCUT2D eigenvalue weighted by Gasteiger charge is -2.27. The largest absolute Gasteiger partial charge is 0.490 e. The Labute approximate surface area is 90.4 Å². The first-order valence-corrected chi connectivity index (χ1v) is 5.77. The van der Waals surface area contributed by atoms with Gasteiger partial charge >= 0.3 is 0 Å². The molecule has 0 radical (unpaired) electrons. The van der Waals surface area contributed by atoms with Crippen molar-refractivity contribution in [2.45, 2.75) is 44.2 Å². The van der Waals surface area contributed by atoms with Crippen molar-refractivity contribution < 1.29 is 4.74 Å². The van der Waals surface area contributed by atoms with Crippen molar-refractivity contribution in [2.24, 2.45) is 5.73 Å². The maximum absolute atomic E-state index is 6.27. The van der Waals surface area contributed by atoms with Crippen LogP contribution in [0.5, 0.6) is 5.75 Å². The van der Waals surface area contributed by atoms with Crippen LogP contribution in [0.3, 0.4) is 0 Å². The maximum atomic E-state index is 6.27. The highest BCUT2D eigenvalue weighted by Gasteiger charge is 2.42. The summed E-state index contributed by atoms with van der Waals surface area (Å²) in [5.41, 5.74) is 8.92. The molecule has 1 atom stereocenters. The normalized spacial score (nSPS) is 26.7. The molecule has 2 aliphatic rings. The standard InChI is InChI=1S/C13H17NO/c1-9-5-6-10-11(13(14)7-8-13)3-2-4-12(10)15-9/h2-4,9H,5-8,14H2,1H3. The van der Waals surface area contributed by atoms with Gasteiger partial charge in [-0.3, -0.25) is 0 Å². The molecular formula is C13H17NO. The molecule has 0 aromatic heterocycles. The van der Waals surface area contributed by atoms with Crippen LogP contribution in [0.2, 0.25) is 0 Å². The van der Waals surface area contributed by atoms with Crippen molar-refractivity contribution in [2.75, 3.05) is 0 Å². The lowest BCUT2D eigenvalue weighted by molar-refractivity contribution is 0.191. The Hall–Kier alpha value is -1.02. The minimum Gasteiger partial charge on any atom is -0.490 e. The SMILES string of the molecule is CC1CCc2c(cccc2C2(N)CC2)O1. The molecule has 15 heavy (non-hydrogen) atoms. The zero-order valence-electron chi connectivity index (χ0n) is 9.12. The van der Waals surface area contributed by atoms with Gasteiger partial charge in [-0.25, -0.2) is 0 Å². The number of rotatable bonds is 1. The van der Waals surface area contributed by atoms with Crippen molar-refractivity contribution in [1.82, 2.24) is 0 Å². The topological polar surface area (TPSA) is 35.2 Å². The zero-order chi connectivity index (χ0) is 10.5. The van der Waals surface area contributed by atoms with E-state index in [4.69, 9.17) is 10.5 Å². The van der Waals surface area contributed by atoms with Crippen molar-refractivity contribution in [3.8, 4) is 5.75 Å². The molecular weight excluding hydrogens is 186 g/mol. The van der Waals surface area contributed by atoms with E-state index in [2.05, 4.69) is 25.1 Å². The Kier molecular flexibility index (Phi) is 1.84. The summed E-state index contributed by atoms with van der Waals surface area (Å²) in [4.78, 5) is 0. The predicted molar refractivity (Wildman–Crippen MR) is 60.0 cm³/mol. The van der Waals surface area contributed by atoms with E-state index in [-0.39, 0.29) is 5.54 Å². The highest BCUT2D eigenvalue weighted by Crippen LogP contribution is 2.47. The van der Waals surface area contributed by atoms with Crippen molar-refractivity contribution in [3.63, 3.8) is 0 Å². The molecule has 80 valence electrons. The summed E-state index contributed by atoms with van der Waals surface area (Å²) >= 11 is 0. The van der Waals surface area contributed by atoms with E-state index in [1.807, 2.05) is 0 Å². The van der Waals surface area contributed by atoms with Gasteiger partial charge in [-0.15, -0.1) is 0 Å². The van der Waals surface area contributed by atoms with Crippen LogP contribution < -0.4 is 10.5 Å². The molecule has 0 bridgehead atoms. The van der Waals surface area contributed by atoms with Crippen LogP contribution in [0.1, 0.15) is 37.3 Å². The van der Waals surface area contributed by atoms with Crippen molar-refractivity contribution >= 4 is 0 Å². The molecule has 0 saturated heterocycles. The second-order valence-corrected chi connectivity index (χ2v) is 4.91. The molecule has 0 amide bonds. The summed E-state index contributed by atoms with van der Waals surface area (Å²) in [6, 6.07) is 6.31. The second kappa shape index (κ2) is 2.99. The first-order chi connectivity index (χ1) is 7.19. The smallest absolute Gasteiger partial charge is 0.123 e. The maximum Gasteiger partial charge on any atom is 0.123 e. The minimum atomic E-state index is -0.0325. The fraction of sp³-hybridized carbons (Fsp3) is 0.538. The van der Waals surface area contributed by atoms with Gasteiger partial charge in [0.2, 0.25) is 0 Å². The minimum absolute atomic E-state index is 0.0325. The van der Waals surface area contributed by atoms with E-state index in [0.29, 0.717) is 6.10 Å². The number of nitrogens with two attached hydrogens (primary N) is 1. The average Bonchev–Trinajstić information content (AvgIpc) is 2.96. The molecule has 1 saturated carbocycles. The van der Waals surface area contributed by atoms with Crippen LogP contribution in [0.25, 0.3) is 0 Å². The summed E-state index contributed by atoms with van der Waals surface area (Å²) < 4.78 is 5.84. The van der Waals surface area contributed by atoms with Crippen LogP contribution in [-0.4, -0.2) is 6.10 Å². The molecule has 0 spiro atoms. The third-order valence-electron chi connectivity index (χ3n) is 3.59. The van der Waals surface area contributed by atoms with Crippen molar-refractivity contribution in [1.29, 1.82) is 0 Å². The van der Waals surface area contributed by atoms with Crippen molar-refractivity contribution in [3.05, 3.63) is 29.3 Å². The van der Waals surface area contributed by atoms with E-state index < -0.39 is 0 Å². The molecule has 1 fully saturated rings. The number of benzene rings is 1. The van der Waals surface area contributed by atoms with E-state index >= 15 is 0 Å². The molecule has 1 aromatic rings. The van der Waals surface area contributed by atoms with E-state index in [0.717, 1.165) is 31.4 Å². The fourth-order valence-corrected chi connectivity index (χ4v) is 2.43. The summed E-state index contributed by atoms with van der Waals surface area (Å²) in [6.45, 7) is 2.13. The van der Waals surface area contributed by atoms with Gasteiger partial charge in [-0.1, -0.05) is 12.1 Å². The molecule has 1 heterocycles. The molecule has 1 aliphatic heterocycles. The first kappa shape index (κ1) is 9.22. The summed E-state index contributed by atoms with van der Waals surface area (Å²) in [5, 5.41) is 0. The molecule has 1 aromatic carbocycles. The second-order valence-electron chi connectivity index (χ2n) is 4.91. The molecule has 3 rings (SSSR count). The Morgan fingerprint density at radius 2 is 2.20 bits per heavy atom. The molecule has 1 unspecified atom stereocenters. The monoisotopic (exact) mass is 203 g/mol. The molecule has 2 N–H and O–H groups in total. The summed E-state index contributed by atoms with van der Waals surface area (Å²) in [5.74, 6) is 1.06. The van der Waals surface area contributed by atoms with Gasteiger partial charge in [-0.05, 0) is 49.8 Å². The summed E-state index contributed by atoms with van der Waals surface area (Å²) in [7, 11) is 0. The third-order valence-corrected chi connectivity index (χ3v) is 3.59. The number of fused-ring (bicyclic) bond motifs is 1. The zero-order valence-corrected chi connectivity index (χ0v) is 9.12. The fourth-order valence-electron chi connectivity index (χ4n) is 2.43. The highest BCUT2D eigenvalue weighted by atomic mass is 16.5. The van der Waals surface area contributed by atoms with Crippen LogP contribution in [0.4, 0.5) is 0 Å². The predicted octanol–water partition coefficient (Wildman–Crippen LogP) is 2.35. The Bertz CT molecular complexity index is 396. The third kappa shape index (κ3) is 1.44. The number of hydrogen-bond donors (Lipinski definition) is 1. The van der Waals surface area contributed by atoms with Crippen LogP contribution in [0, 0.1) is 0 Å². The van der Waals surface area contributed by atoms with E-state index in [1.165, 1.54) is 11.1 Å². The molecule has 2 nitrogen and oxygen atoms in total. The van der Waals surface area contributed by atoms with E-state index in [1.54, 1.807) is 0 Å².